The molecule has 0 aliphatic carbocycles. The second-order valence-electron chi connectivity index (χ2n) is 6.03. The normalized spacial score (nSPS) is 13.7. The Morgan fingerprint density at radius 3 is 1.29 bits per heavy atom. The predicted molar refractivity (Wildman–Crippen MR) is 102 cm³/mol. The van der Waals surface area contributed by atoms with Crippen LogP contribution in [0.25, 0.3) is 0 Å². The van der Waals surface area contributed by atoms with Crippen LogP contribution in [0.3, 0.4) is 0 Å². The van der Waals surface area contributed by atoms with Crippen molar-refractivity contribution >= 4 is 31.8 Å². The van der Waals surface area contributed by atoms with Crippen LogP contribution in [-0.4, -0.2) is 44.8 Å². The molecule has 0 unspecified atom stereocenters. The third-order valence-corrected chi connectivity index (χ3v) is 7.95. The zero-order valence-electron chi connectivity index (χ0n) is 16.3. The van der Waals surface area contributed by atoms with Crippen LogP contribution in [-0.2, 0) is 20.0 Å². The summed E-state index contributed by atoms with van der Waals surface area (Å²) in [5.41, 5.74) is 0. The monoisotopic (exact) mass is 583 g/mol. The summed E-state index contributed by atoms with van der Waals surface area (Å²) in [5, 5.41) is -4.76. The van der Waals surface area contributed by atoms with Gasteiger partial charge in [0.2, 0.25) is 0 Å². The molecule has 2 aromatic rings. The Labute approximate surface area is 195 Å². The summed E-state index contributed by atoms with van der Waals surface area (Å²) >= 11 is 1.69. The lowest BCUT2D eigenvalue weighted by atomic mass is 10.3. The maximum absolute atomic E-state index is 12.4. The molecule has 0 amide bonds. The van der Waals surface area contributed by atoms with Gasteiger partial charge in [0.15, 0.2) is 0 Å². The van der Waals surface area contributed by atoms with E-state index in [0.29, 0.717) is 5.75 Å². The highest BCUT2D eigenvalue weighted by Gasteiger charge is 2.73. The second-order valence-corrected chi connectivity index (χ2v) is 10.9. The quantitative estimate of drug-likeness (QED) is 0.460. The first-order valence-electron chi connectivity index (χ1n) is 8.24. The first-order chi connectivity index (χ1) is 15.6. The van der Waals surface area contributed by atoms with E-state index in [1.54, 1.807) is 23.9 Å². The average Bonchev–Trinajstić information content (AvgIpc) is 2.68. The van der Waals surface area contributed by atoms with Crippen molar-refractivity contribution in [3.8, 4) is 5.75 Å². The minimum Gasteiger partial charge on any atom is -0.508 e. The molecule has 0 atom stereocenters. The molecule has 0 aromatic heterocycles. The average molecular weight is 583 g/mol. The van der Waals surface area contributed by atoms with Crippen molar-refractivity contribution in [1.82, 2.24) is 4.13 Å². The molecule has 0 fully saturated rings. The van der Waals surface area contributed by atoms with Crippen molar-refractivity contribution in [2.24, 2.45) is 0 Å². The summed E-state index contributed by atoms with van der Waals surface area (Å²) in [5.74, 6) is 0.308. The third kappa shape index (κ3) is 7.37. The van der Waals surface area contributed by atoms with Gasteiger partial charge in [0.05, 0.1) is 0 Å². The van der Waals surface area contributed by atoms with E-state index in [2.05, 4.69) is 12.1 Å². The Bertz CT molecular complexity index is 1140. The molecule has 2 N–H and O–H groups in total. The second kappa shape index (κ2) is 10.4. The maximum atomic E-state index is 12.4. The van der Waals surface area contributed by atoms with Crippen molar-refractivity contribution < 1.29 is 65.8 Å². The molecular weight excluding hydrogens is 572 g/mol. The van der Waals surface area contributed by atoms with Crippen LogP contribution < -0.4 is 4.13 Å². The summed E-state index contributed by atoms with van der Waals surface area (Å²) in [6.07, 6.45) is -13.9. The number of nitrogens with one attached hydrogen (secondary N) is 1. The number of hydrogen-bond acceptors (Lipinski definition) is 6. The largest absolute Gasteiger partial charge is 0.508 e. The summed E-state index contributed by atoms with van der Waals surface area (Å²) < 4.78 is 160. The first kappa shape index (κ1) is 30.8. The van der Waals surface area contributed by atoms with E-state index in [0.717, 1.165) is 4.90 Å². The highest BCUT2D eigenvalue weighted by Crippen LogP contribution is 2.43. The molecule has 2 rings (SSSR count). The molecule has 2 aromatic carbocycles. The Balaban J connectivity index is 0.000000375. The summed E-state index contributed by atoms with van der Waals surface area (Å²) in [6, 6.07) is 17.4. The SMILES string of the molecule is O=S(=O)(NS(=O)(=O)C(F)(F)C(F)(F)F)C(F)(F)C(F)(F)F.Oc1ccc(Sc2ccccc2)cc1. The fourth-order valence-electron chi connectivity index (χ4n) is 1.69. The Kier molecular flexibility index (Phi) is 9.14. The Morgan fingerprint density at radius 1 is 0.600 bits per heavy atom. The number of halogens is 10. The van der Waals surface area contributed by atoms with Crippen LogP contribution in [0.15, 0.2) is 64.4 Å². The molecule has 0 radical (unpaired) electrons. The minimum absolute atomic E-state index is 0.308. The number of rotatable bonds is 6. The molecule has 198 valence electrons. The third-order valence-electron chi connectivity index (χ3n) is 3.37. The fraction of sp³-hybridized carbons (Fsp3) is 0.250. The van der Waals surface area contributed by atoms with Crippen LogP contribution in [0, 0.1) is 0 Å². The Hall–Kier alpha value is -2.25. The highest BCUT2D eigenvalue weighted by atomic mass is 32.3. The first-order valence-corrected chi connectivity index (χ1v) is 12.0. The number of benzene rings is 2. The summed E-state index contributed by atoms with van der Waals surface area (Å²) in [4.78, 5) is 2.34. The topological polar surface area (TPSA) is 101 Å². The number of hydrogen-bond donors (Lipinski definition) is 2. The van der Waals surface area contributed by atoms with Gasteiger partial charge >= 0.3 is 22.9 Å². The number of alkyl halides is 10. The van der Waals surface area contributed by atoms with Gasteiger partial charge < -0.3 is 5.11 Å². The van der Waals surface area contributed by atoms with Gasteiger partial charge in [-0.05, 0) is 36.4 Å². The van der Waals surface area contributed by atoms with Crippen LogP contribution in [0.5, 0.6) is 5.75 Å². The van der Waals surface area contributed by atoms with E-state index in [1.807, 2.05) is 30.3 Å². The van der Waals surface area contributed by atoms with Crippen molar-refractivity contribution in [2.45, 2.75) is 32.7 Å². The van der Waals surface area contributed by atoms with Crippen molar-refractivity contribution in [2.75, 3.05) is 0 Å². The van der Waals surface area contributed by atoms with Gasteiger partial charge in [-0.3, -0.25) is 0 Å². The van der Waals surface area contributed by atoms with Gasteiger partial charge in [-0.1, -0.05) is 34.1 Å². The molecule has 0 aliphatic heterocycles. The van der Waals surface area contributed by atoms with E-state index in [9.17, 15) is 60.7 Å². The van der Waals surface area contributed by atoms with Crippen LogP contribution in [0.4, 0.5) is 43.9 Å². The maximum Gasteiger partial charge on any atom is 0.471 e. The van der Waals surface area contributed by atoms with E-state index in [1.165, 1.54) is 4.90 Å². The van der Waals surface area contributed by atoms with Gasteiger partial charge in [-0.2, -0.15) is 43.9 Å². The zero-order valence-corrected chi connectivity index (χ0v) is 18.7. The molecule has 0 spiro atoms. The number of phenolic OH excluding ortho intramolecular Hbond substituents is 1. The molecule has 0 heterocycles. The highest BCUT2D eigenvalue weighted by molar-refractivity contribution is 8.05. The lowest BCUT2D eigenvalue weighted by Crippen LogP contribution is -2.57. The molecule has 6 nitrogen and oxygen atoms in total. The van der Waals surface area contributed by atoms with Gasteiger partial charge in [0, 0.05) is 9.79 Å². The lowest BCUT2D eigenvalue weighted by Gasteiger charge is -2.23. The molecule has 35 heavy (non-hydrogen) atoms. The van der Waals surface area contributed by atoms with Gasteiger partial charge in [-0.25, -0.2) is 16.8 Å². The van der Waals surface area contributed by atoms with Crippen molar-refractivity contribution in [1.29, 1.82) is 0 Å². The van der Waals surface area contributed by atoms with Crippen LogP contribution in [0.1, 0.15) is 0 Å². The zero-order chi connectivity index (χ0) is 27.5. The van der Waals surface area contributed by atoms with Crippen molar-refractivity contribution in [3.05, 3.63) is 54.6 Å². The number of sulfonamides is 2. The van der Waals surface area contributed by atoms with E-state index >= 15 is 0 Å². The van der Waals surface area contributed by atoms with Gasteiger partial charge in [0.1, 0.15) is 5.75 Å². The van der Waals surface area contributed by atoms with E-state index < -0.39 is 47.0 Å². The van der Waals surface area contributed by atoms with E-state index in [4.69, 9.17) is 5.11 Å². The standard InChI is InChI=1S/C12H10OS.C4HF10NO4S2/c13-10-6-8-12(9-7-10)14-11-4-2-1-3-5-11;5-1(6,7)3(11,12)20(16,17)15-21(18,19)4(13,14)2(8,9)10/h1-9,13H;15H. The van der Waals surface area contributed by atoms with E-state index in [-0.39, 0.29) is 0 Å². The van der Waals surface area contributed by atoms with Crippen LogP contribution >= 0.6 is 11.8 Å². The minimum atomic E-state index is -7.49. The number of phenols is 1. The molecular formula is C16H11F10NO5S3. The molecule has 0 saturated carbocycles. The fourth-order valence-corrected chi connectivity index (χ4v) is 5.13. The summed E-state index contributed by atoms with van der Waals surface area (Å²) in [6.45, 7) is 0. The van der Waals surface area contributed by atoms with Gasteiger partial charge in [-0.15, -0.1) is 0 Å². The lowest BCUT2D eigenvalue weighted by molar-refractivity contribution is -0.242. The molecule has 19 heteroatoms. The molecule has 0 aliphatic rings. The van der Waals surface area contributed by atoms with Crippen LogP contribution in [0.2, 0.25) is 0 Å². The Morgan fingerprint density at radius 2 is 0.943 bits per heavy atom. The van der Waals surface area contributed by atoms with Crippen molar-refractivity contribution in [3.63, 3.8) is 0 Å². The smallest absolute Gasteiger partial charge is 0.471 e. The number of aromatic hydroxyl groups is 1. The van der Waals surface area contributed by atoms with Gasteiger partial charge in [0.25, 0.3) is 20.0 Å². The summed E-state index contributed by atoms with van der Waals surface area (Å²) in [7, 11) is -15.0. The predicted octanol–water partition coefficient (Wildman–Crippen LogP) is 5.09. The molecule has 0 saturated heterocycles. The molecule has 0 bridgehead atoms.